The topological polar surface area (TPSA) is 553 Å². The highest BCUT2D eigenvalue weighted by atomic mass is 35.5. The lowest BCUT2D eigenvalue weighted by atomic mass is 9.84. The minimum atomic E-state index is -2.28. The number of nitrogens with one attached hydrogen (secondary N) is 5. The molecule has 5 aromatic rings. The number of carbonyl (C=O) groups is 9. The summed E-state index contributed by atoms with van der Waals surface area (Å²) in [5.41, 5.74) is 8.01. The molecular weight excluding hydrogens is 1560 g/mol. The van der Waals surface area contributed by atoms with E-state index in [1.165, 1.54) is 19.1 Å². The van der Waals surface area contributed by atoms with E-state index in [9.17, 15) is 84.9 Å². The van der Waals surface area contributed by atoms with Crippen molar-refractivity contribution in [3.05, 3.63) is 117 Å². The Kier molecular flexibility index (Phi) is 29.8. The number of nitrogens with two attached hydrogens (primary N) is 2. The van der Waals surface area contributed by atoms with Gasteiger partial charge in [0.25, 0.3) is 0 Å². The van der Waals surface area contributed by atoms with Gasteiger partial charge in [-0.2, -0.15) is 0 Å². The van der Waals surface area contributed by atoms with Crippen LogP contribution < -0.4 is 52.3 Å². The zero-order valence-corrected chi connectivity index (χ0v) is 65.7. The van der Waals surface area contributed by atoms with Crippen molar-refractivity contribution in [1.82, 2.24) is 26.6 Å². The molecule has 0 radical (unpaired) electrons. The van der Waals surface area contributed by atoms with Crippen molar-refractivity contribution in [2.45, 2.75) is 227 Å². The van der Waals surface area contributed by atoms with Crippen molar-refractivity contribution in [2.24, 2.45) is 23.3 Å². The first-order chi connectivity index (χ1) is 55.0. The fourth-order valence-corrected chi connectivity index (χ4v) is 15.4. The average Bonchev–Trinajstić information content (AvgIpc) is 0.758. The van der Waals surface area contributed by atoms with Crippen molar-refractivity contribution >= 4 is 76.2 Å². The zero-order chi connectivity index (χ0) is 84.5. The molecule has 0 aromatic heterocycles. The Labute approximate surface area is 676 Å². The third-order valence-electron chi connectivity index (χ3n) is 21.3. The number of Topliss-reactive ketones (excluding diaryl/α,β-unsaturated/α-hetero) is 2. The largest absolute Gasteiger partial charge is 0.508 e. The number of aliphatic hydroxyl groups excluding tert-OH is 6. The number of primary amides is 1. The molecule has 2 saturated heterocycles. The summed E-state index contributed by atoms with van der Waals surface area (Å²) >= 11 is 14.3. The fourth-order valence-electron chi connectivity index (χ4n) is 15.0. The van der Waals surface area contributed by atoms with Gasteiger partial charge < -0.3 is 127 Å². The maximum atomic E-state index is 16.3. The summed E-state index contributed by atoms with van der Waals surface area (Å²) in [4.78, 5) is 131. The van der Waals surface area contributed by atoms with Crippen molar-refractivity contribution in [2.75, 3.05) is 19.8 Å². The number of ether oxygens (including phenoxy) is 7. The standard InChI is InChI=1S/C80H99Cl2N7O27/c1-6-7-8-9-10-11-12-13-20-110-57(77(106)107)33-85-80(5)32-60(111-36(4)72(80)101)115-71-69(100)68(99)58(34-90)114-79(71)116-70-55-26-40-27-56(70)113-54-19-16-39(24-47(54)82)67(98)65-76(105)87-63(78(108)109)45-29-42(91)30-50(93)61(45)44-22-37(14-17-49(44)92)43(74(103)89-65)31-52(95)62(40)86-73(102)41(28-59(84)96)25-51(94)64(88-75(104)48(83)21-35(2)3)66(97)38-15-18-53(112-55)46(81)23-38/h14-19,22-24,26-27,29-30,35-36,41,43,48,57-58,60,62-69,71-72,79,85,90-93,97-101H,6-13,20-21,25,28,31-34,83H2,1-5H3,(H2,84,96)(H,86,102)(H,87,105)(H,88,104)(H,89,103)(H,106,107)(H,108,109)/t36?,41?,43?,48-,57?,58?,60?,62?,63?,64-,65+,66?,67-,68?,69?,71?,72?,79?,80?/m1/s1. The van der Waals surface area contributed by atoms with Crippen LogP contribution in [-0.4, -0.2) is 208 Å². The Balaban J connectivity index is 1.16. The monoisotopic (exact) mass is 1660 g/mol. The first-order valence-corrected chi connectivity index (χ1v) is 39.0. The second-order valence-electron chi connectivity index (χ2n) is 30.5. The van der Waals surface area contributed by atoms with E-state index in [0.29, 0.717) is 6.42 Å². The maximum Gasteiger partial charge on any atom is 0.334 e. The van der Waals surface area contributed by atoms with Crippen LogP contribution in [0.3, 0.4) is 0 Å². The molecule has 2 fully saturated rings. The molecule has 15 unspecified atom stereocenters. The smallest absolute Gasteiger partial charge is 0.334 e. The van der Waals surface area contributed by atoms with Gasteiger partial charge in [0.2, 0.25) is 41.6 Å². The minimum Gasteiger partial charge on any atom is -0.508 e. The molecule has 630 valence electrons. The Hall–Kier alpha value is -9.37. The number of carboxylic acid groups (broad SMARTS) is 2. The van der Waals surface area contributed by atoms with Crippen LogP contribution in [0.2, 0.25) is 10.0 Å². The van der Waals surface area contributed by atoms with Gasteiger partial charge in [0.05, 0.1) is 46.7 Å². The van der Waals surface area contributed by atoms with Crippen LogP contribution in [0.15, 0.2) is 78.9 Å². The van der Waals surface area contributed by atoms with E-state index in [-0.39, 0.29) is 59.4 Å². The van der Waals surface area contributed by atoms with Gasteiger partial charge in [-0.25, -0.2) is 9.59 Å². The van der Waals surface area contributed by atoms with Crippen molar-refractivity contribution in [3.8, 4) is 57.1 Å². The fraction of sp³-hybridized carbons (Fsp3) is 0.512. The lowest BCUT2D eigenvalue weighted by molar-refractivity contribution is -0.334. The molecule has 7 aliphatic rings. The number of hydrogen-bond donors (Lipinski definition) is 18. The molecule has 0 saturated carbocycles. The molecule has 36 heteroatoms. The molecule has 0 spiro atoms. The van der Waals surface area contributed by atoms with Crippen LogP contribution in [0.1, 0.15) is 176 Å². The number of amides is 5. The van der Waals surface area contributed by atoms with Crippen LogP contribution in [0.25, 0.3) is 11.1 Å². The van der Waals surface area contributed by atoms with Crippen LogP contribution in [-0.2, 0) is 62.1 Å². The molecule has 34 nitrogen and oxygen atoms in total. The summed E-state index contributed by atoms with van der Waals surface area (Å²) in [5.74, 6) is -20.6. The quantitative estimate of drug-likeness (QED) is 0.0322. The summed E-state index contributed by atoms with van der Waals surface area (Å²) in [7, 11) is 0. The number of rotatable bonds is 26. The molecule has 12 rings (SSSR count). The summed E-state index contributed by atoms with van der Waals surface area (Å²) in [6.45, 7) is 7.51. The van der Waals surface area contributed by atoms with Gasteiger partial charge in [-0.1, -0.05) is 107 Å². The first-order valence-electron chi connectivity index (χ1n) is 38.3. The Morgan fingerprint density at radius 1 is 0.707 bits per heavy atom. The van der Waals surface area contributed by atoms with Gasteiger partial charge in [0, 0.05) is 67.1 Å². The van der Waals surface area contributed by atoms with Crippen LogP contribution in [0, 0.1) is 11.8 Å². The molecular formula is C80H99Cl2N7O27. The van der Waals surface area contributed by atoms with E-state index in [1.54, 1.807) is 20.8 Å². The second-order valence-corrected chi connectivity index (χ2v) is 31.3. The van der Waals surface area contributed by atoms with E-state index in [0.717, 1.165) is 112 Å². The summed E-state index contributed by atoms with van der Waals surface area (Å²) in [6, 6.07) is 3.84. The number of ketones is 2. The van der Waals surface area contributed by atoms with Gasteiger partial charge >= 0.3 is 11.9 Å². The predicted molar refractivity (Wildman–Crippen MR) is 411 cm³/mol. The van der Waals surface area contributed by atoms with Crippen molar-refractivity contribution < 1.29 is 132 Å². The number of aliphatic carboxylic acids is 2. The third kappa shape index (κ3) is 20.9. The number of carboxylic acids is 2. The Bertz CT molecular complexity index is 4460. The van der Waals surface area contributed by atoms with E-state index < -0.39 is 262 Å². The lowest BCUT2D eigenvalue weighted by Gasteiger charge is -2.48. The van der Waals surface area contributed by atoms with Gasteiger partial charge in [0.15, 0.2) is 47.6 Å². The number of benzene rings is 5. The van der Waals surface area contributed by atoms with Gasteiger partial charge in [-0.15, -0.1) is 0 Å². The Morgan fingerprint density at radius 3 is 1.94 bits per heavy atom. The zero-order valence-electron chi connectivity index (χ0n) is 64.2. The number of phenols is 3. The van der Waals surface area contributed by atoms with Gasteiger partial charge in [-0.05, 0) is 109 Å². The van der Waals surface area contributed by atoms with Gasteiger partial charge in [0.1, 0.15) is 77.4 Å². The van der Waals surface area contributed by atoms with Crippen molar-refractivity contribution in [3.63, 3.8) is 0 Å². The number of halogens is 2. The van der Waals surface area contributed by atoms with E-state index >= 15 is 14.4 Å². The lowest BCUT2D eigenvalue weighted by Crippen LogP contribution is -2.66. The minimum absolute atomic E-state index is 0.0840. The molecule has 5 amide bonds. The molecule has 7 aliphatic heterocycles. The van der Waals surface area contributed by atoms with E-state index in [4.69, 9.17) is 67.8 Å². The normalized spacial score (nSPS) is 27.6. The van der Waals surface area contributed by atoms with E-state index in [1.807, 2.05) is 0 Å². The highest BCUT2D eigenvalue weighted by Crippen LogP contribution is 2.51. The molecule has 5 aromatic carbocycles. The summed E-state index contributed by atoms with van der Waals surface area (Å²) in [6.07, 6.45) is -15.1. The molecule has 0 aliphatic carbocycles. The molecule has 20 N–H and O–H groups in total. The number of carbonyl (C=O) groups excluding carboxylic acids is 7. The highest BCUT2D eigenvalue weighted by molar-refractivity contribution is 6.32. The average molecular weight is 1660 g/mol. The maximum absolute atomic E-state index is 16.3. The Morgan fingerprint density at radius 2 is 1.34 bits per heavy atom. The molecule has 11 bridgehead atoms. The van der Waals surface area contributed by atoms with Gasteiger partial charge in [-0.3, -0.25) is 33.6 Å². The summed E-state index contributed by atoms with van der Waals surface area (Å²) < 4.78 is 45.1. The molecule has 116 heavy (non-hydrogen) atoms. The van der Waals surface area contributed by atoms with E-state index in [2.05, 4.69) is 33.5 Å². The number of hydrogen-bond acceptors (Lipinski definition) is 27. The van der Waals surface area contributed by atoms with Crippen molar-refractivity contribution in [1.29, 1.82) is 0 Å². The number of aromatic hydroxyl groups is 3. The number of aliphatic hydroxyl groups is 6. The van der Waals surface area contributed by atoms with Crippen LogP contribution in [0.4, 0.5) is 0 Å². The first kappa shape index (κ1) is 89.0. The summed E-state index contributed by atoms with van der Waals surface area (Å²) in [5, 5.41) is 139. The highest BCUT2D eigenvalue weighted by Gasteiger charge is 2.53. The number of fused-ring (bicyclic) bond motifs is 15. The molecule has 19 atom stereocenters. The predicted octanol–water partition coefficient (Wildman–Crippen LogP) is 5.06. The van der Waals surface area contributed by atoms with Crippen LogP contribution in [0.5, 0.6) is 46.0 Å². The molecule has 7 heterocycles. The van der Waals surface area contributed by atoms with Crippen LogP contribution >= 0.6 is 23.2 Å². The third-order valence-corrected chi connectivity index (χ3v) is 21.9. The number of phenolic OH excluding ortho intramolecular Hbond substituents is 3. The SMILES string of the molecule is CCCCCCCCCCOC(CNC1(C)CC(OC2C(Oc3c4cc5cc3Oc3ccc(cc3Cl)[C@@H](O)[C@@H]3NC(=O)C(CC(=O)C5NC(=O)C(CC(N)=O)CC(=O)[C@@H](NC(=O)[C@H](N)CC(C)C)C(O)c5ccc(c(Cl)c5)O4)c4ccc(O)c(c4)-c4c(O)cc(O)cc4C(C(=O)O)NC3=O)OC(CO)C(O)C2O)OC(C)C1O)C(=O)O. The second kappa shape index (κ2) is 38.8. The number of unbranched alkanes of at least 4 members (excludes halogenated alkanes) is 7.